The Kier molecular flexibility index (Phi) is 7.21. The Morgan fingerprint density at radius 2 is 1.38 bits per heavy atom. The highest BCUT2D eigenvalue weighted by molar-refractivity contribution is 5.92. The first kappa shape index (κ1) is 19.5. The van der Waals surface area contributed by atoms with E-state index in [0.717, 1.165) is 12.8 Å². The molecule has 5 heteroatoms. The molecule has 5 nitrogen and oxygen atoms in total. The second kappa shape index (κ2) is 9.61. The maximum atomic E-state index is 12.2. The zero-order valence-corrected chi connectivity index (χ0v) is 15.4. The van der Waals surface area contributed by atoms with Gasteiger partial charge in [0.2, 0.25) is 0 Å². The van der Waals surface area contributed by atoms with Crippen molar-refractivity contribution in [3.05, 3.63) is 59.7 Å². The lowest BCUT2D eigenvalue weighted by Gasteiger charge is -2.10. The number of hydrogen-bond acceptors (Lipinski definition) is 5. The molecule has 2 aromatic carbocycles. The van der Waals surface area contributed by atoms with Crippen LogP contribution >= 0.6 is 0 Å². The molecule has 0 aliphatic heterocycles. The van der Waals surface area contributed by atoms with Crippen LogP contribution in [0.1, 0.15) is 54.3 Å². The van der Waals surface area contributed by atoms with Gasteiger partial charge in [0, 0.05) is 0 Å². The first-order valence-electron chi connectivity index (χ1n) is 8.75. The van der Waals surface area contributed by atoms with Crippen molar-refractivity contribution >= 4 is 11.9 Å². The summed E-state index contributed by atoms with van der Waals surface area (Å²) in [5, 5.41) is 0. The van der Waals surface area contributed by atoms with Gasteiger partial charge in [0.15, 0.2) is 0 Å². The molecule has 0 bridgehead atoms. The summed E-state index contributed by atoms with van der Waals surface area (Å²) >= 11 is 0. The molecule has 0 unspecified atom stereocenters. The van der Waals surface area contributed by atoms with Gasteiger partial charge < -0.3 is 14.2 Å². The molecule has 26 heavy (non-hydrogen) atoms. The van der Waals surface area contributed by atoms with Crippen LogP contribution in [0.4, 0.5) is 0 Å². The van der Waals surface area contributed by atoms with Crippen LogP contribution in [0.2, 0.25) is 0 Å². The lowest BCUT2D eigenvalue weighted by atomic mass is 10.2. The van der Waals surface area contributed by atoms with E-state index in [1.54, 1.807) is 48.5 Å². The van der Waals surface area contributed by atoms with Crippen LogP contribution in [0.5, 0.6) is 11.5 Å². The molecule has 0 radical (unpaired) electrons. The Hall–Kier alpha value is -2.82. The Morgan fingerprint density at radius 1 is 0.846 bits per heavy atom. The molecule has 0 fully saturated rings. The van der Waals surface area contributed by atoms with E-state index >= 15 is 0 Å². The average Bonchev–Trinajstić information content (AvgIpc) is 2.62. The van der Waals surface area contributed by atoms with Gasteiger partial charge in [0.1, 0.15) is 11.5 Å². The second-order valence-electron chi connectivity index (χ2n) is 6.09. The molecule has 2 aromatic rings. The number of carbonyl (C=O) groups is 2. The second-order valence-corrected chi connectivity index (χ2v) is 6.09. The van der Waals surface area contributed by atoms with E-state index < -0.39 is 5.97 Å². The van der Waals surface area contributed by atoms with Crippen molar-refractivity contribution in [2.45, 2.75) is 39.7 Å². The summed E-state index contributed by atoms with van der Waals surface area (Å²) in [6.45, 7) is 6.31. The molecule has 2 rings (SSSR count). The van der Waals surface area contributed by atoms with Crippen molar-refractivity contribution in [3.8, 4) is 11.5 Å². The average molecular weight is 356 g/mol. The van der Waals surface area contributed by atoms with Gasteiger partial charge in [-0.1, -0.05) is 13.3 Å². The lowest BCUT2D eigenvalue weighted by Crippen LogP contribution is -2.10. The Bertz CT molecular complexity index is 717. The quantitative estimate of drug-likeness (QED) is 0.391. The van der Waals surface area contributed by atoms with Crippen LogP contribution in [0.15, 0.2) is 48.5 Å². The fraction of sp³-hybridized carbons (Fsp3) is 0.333. The smallest absolute Gasteiger partial charge is 0.343 e. The number of rotatable bonds is 8. The highest BCUT2D eigenvalue weighted by Crippen LogP contribution is 2.18. The first-order chi connectivity index (χ1) is 12.5. The monoisotopic (exact) mass is 356 g/mol. The molecule has 0 amide bonds. The zero-order chi connectivity index (χ0) is 18.9. The molecule has 0 aliphatic rings. The van der Waals surface area contributed by atoms with Crippen LogP contribution in [0, 0.1) is 0 Å². The molecule has 138 valence electrons. The number of unbranched alkanes of at least 4 members (excludes halogenated alkanes) is 1. The zero-order valence-electron chi connectivity index (χ0n) is 15.4. The molecule has 0 heterocycles. The standard InChI is InChI=1S/C21H24O5/c1-4-5-14-24-20(22)16-6-12-19(13-7-16)26-21(23)17-8-10-18(11-9-17)25-15(2)3/h6-13,15H,4-5,14H2,1-3H3. The number of hydrogen-bond donors (Lipinski definition) is 0. The molecule has 0 N–H and O–H groups in total. The number of esters is 2. The highest BCUT2D eigenvalue weighted by Gasteiger charge is 2.11. The van der Waals surface area contributed by atoms with E-state index in [1.807, 2.05) is 20.8 Å². The van der Waals surface area contributed by atoms with Gasteiger partial charge in [-0.2, -0.15) is 0 Å². The maximum Gasteiger partial charge on any atom is 0.343 e. The summed E-state index contributed by atoms with van der Waals surface area (Å²) < 4.78 is 16.0. The van der Waals surface area contributed by atoms with Crippen LogP contribution in [-0.4, -0.2) is 24.6 Å². The first-order valence-corrected chi connectivity index (χ1v) is 8.75. The molecule has 0 spiro atoms. The molecule has 0 aromatic heterocycles. The minimum Gasteiger partial charge on any atom is -0.491 e. The fourth-order valence-electron chi connectivity index (χ4n) is 2.16. The summed E-state index contributed by atoms with van der Waals surface area (Å²) in [7, 11) is 0. The van der Waals surface area contributed by atoms with Crippen LogP contribution < -0.4 is 9.47 Å². The topological polar surface area (TPSA) is 61.8 Å². The molecule has 0 saturated carbocycles. The van der Waals surface area contributed by atoms with Gasteiger partial charge in [0.05, 0.1) is 23.8 Å². The van der Waals surface area contributed by atoms with Gasteiger partial charge in [-0.25, -0.2) is 9.59 Å². The Balaban J connectivity index is 1.93. The molecule has 0 atom stereocenters. The SMILES string of the molecule is CCCCOC(=O)c1ccc(OC(=O)c2ccc(OC(C)C)cc2)cc1. The maximum absolute atomic E-state index is 12.2. The van der Waals surface area contributed by atoms with Crippen molar-refractivity contribution in [3.63, 3.8) is 0 Å². The summed E-state index contributed by atoms with van der Waals surface area (Å²) in [6, 6.07) is 13.1. The van der Waals surface area contributed by atoms with Crippen molar-refractivity contribution in [1.29, 1.82) is 0 Å². The molecule has 0 saturated heterocycles. The number of benzene rings is 2. The van der Waals surface area contributed by atoms with E-state index in [9.17, 15) is 9.59 Å². The molecular weight excluding hydrogens is 332 g/mol. The van der Waals surface area contributed by atoms with E-state index in [4.69, 9.17) is 14.2 Å². The summed E-state index contributed by atoms with van der Waals surface area (Å²) in [5.41, 5.74) is 0.847. The predicted molar refractivity (Wildman–Crippen MR) is 98.8 cm³/mol. The third-order valence-corrected chi connectivity index (χ3v) is 3.49. The van der Waals surface area contributed by atoms with E-state index in [0.29, 0.717) is 29.2 Å². The Morgan fingerprint density at radius 3 is 1.92 bits per heavy atom. The number of ether oxygens (including phenoxy) is 3. The minimum absolute atomic E-state index is 0.0694. The largest absolute Gasteiger partial charge is 0.491 e. The third kappa shape index (κ3) is 5.92. The third-order valence-electron chi connectivity index (χ3n) is 3.49. The van der Waals surface area contributed by atoms with Crippen molar-refractivity contribution < 1.29 is 23.8 Å². The van der Waals surface area contributed by atoms with Gasteiger partial charge in [-0.05, 0) is 68.8 Å². The van der Waals surface area contributed by atoms with Crippen molar-refractivity contribution in [1.82, 2.24) is 0 Å². The normalized spacial score (nSPS) is 10.5. The van der Waals surface area contributed by atoms with Crippen LogP contribution in [0.25, 0.3) is 0 Å². The van der Waals surface area contributed by atoms with Crippen LogP contribution in [0.3, 0.4) is 0 Å². The van der Waals surface area contributed by atoms with Gasteiger partial charge in [-0.15, -0.1) is 0 Å². The molecular formula is C21H24O5. The van der Waals surface area contributed by atoms with Crippen molar-refractivity contribution in [2.75, 3.05) is 6.61 Å². The summed E-state index contributed by atoms with van der Waals surface area (Å²) in [5.74, 6) is 0.210. The lowest BCUT2D eigenvalue weighted by molar-refractivity contribution is 0.0499. The van der Waals surface area contributed by atoms with E-state index in [1.165, 1.54) is 0 Å². The molecule has 0 aliphatic carbocycles. The minimum atomic E-state index is -0.473. The van der Waals surface area contributed by atoms with Gasteiger partial charge >= 0.3 is 11.9 Å². The summed E-state index contributed by atoms with van der Waals surface area (Å²) in [6.07, 6.45) is 1.87. The van der Waals surface area contributed by atoms with E-state index in [2.05, 4.69) is 0 Å². The fourth-order valence-corrected chi connectivity index (χ4v) is 2.16. The Labute approximate surface area is 153 Å². The highest BCUT2D eigenvalue weighted by atomic mass is 16.5. The predicted octanol–water partition coefficient (Wildman–Crippen LogP) is 4.65. The number of carbonyl (C=O) groups excluding carboxylic acids is 2. The van der Waals surface area contributed by atoms with E-state index in [-0.39, 0.29) is 12.1 Å². The van der Waals surface area contributed by atoms with Crippen LogP contribution in [-0.2, 0) is 4.74 Å². The van der Waals surface area contributed by atoms with Crippen molar-refractivity contribution in [2.24, 2.45) is 0 Å². The van der Waals surface area contributed by atoms with Gasteiger partial charge in [-0.3, -0.25) is 0 Å². The van der Waals surface area contributed by atoms with Gasteiger partial charge in [0.25, 0.3) is 0 Å². The summed E-state index contributed by atoms with van der Waals surface area (Å²) in [4.78, 5) is 24.0.